The van der Waals surface area contributed by atoms with Gasteiger partial charge in [0, 0.05) is 13.1 Å². The SMILES string of the molecule is O=C(c1cnn2c1[nH]c(=O)c1ccccc12)N1CC[C@@H]2CNC[C@@H]2CC1. The predicted octanol–water partition coefficient (Wildman–Crippen LogP) is 1.25. The Kier molecular flexibility index (Phi) is 3.56. The van der Waals surface area contributed by atoms with E-state index in [1.165, 1.54) is 0 Å². The molecule has 2 atom stereocenters. The van der Waals surface area contributed by atoms with Gasteiger partial charge < -0.3 is 15.2 Å². The fourth-order valence-electron chi connectivity index (χ4n) is 4.42. The first-order valence-electron chi connectivity index (χ1n) is 9.21. The molecule has 7 nitrogen and oxygen atoms in total. The van der Waals surface area contributed by atoms with Crippen molar-refractivity contribution < 1.29 is 4.79 Å². The minimum absolute atomic E-state index is 0.0427. The Morgan fingerprint density at radius 3 is 2.62 bits per heavy atom. The van der Waals surface area contributed by atoms with Gasteiger partial charge in [0.05, 0.1) is 17.1 Å². The minimum Gasteiger partial charge on any atom is -0.338 e. The van der Waals surface area contributed by atoms with Gasteiger partial charge >= 0.3 is 0 Å². The van der Waals surface area contributed by atoms with E-state index in [9.17, 15) is 9.59 Å². The Bertz CT molecular complexity index is 1040. The molecule has 0 radical (unpaired) electrons. The van der Waals surface area contributed by atoms with E-state index in [-0.39, 0.29) is 11.5 Å². The van der Waals surface area contributed by atoms with Gasteiger partial charge in [0.25, 0.3) is 11.5 Å². The Labute approximate surface area is 150 Å². The Morgan fingerprint density at radius 1 is 1.12 bits per heavy atom. The van der Waals surface area contributed by atoms with Crippen molar-refractivity contribution in [2.45, 2.75) is 12.8 Å². The summed E-state index contributed by atoms with van der Waals surface area (Å²) in [5.74, 6) is 1.29. The van der Waals surface area contributed by atoms with Crippen LogP contribution in [0.15, 0.2) is 35.3 Å². The summed E-state index contributed by atoms with van der Waals surface area (Å²) in [4.78, 5) is 30.3. The van der Waals surface area contributed by atoms with Gasteiger partial charge in [-0.05, 0) is 49.9 Å². The second kappa shape index (κ2) is 5.95. The van der Waals surface area contributed by atoms with Crippen LogP contribution in [0.2, 0.25) is 0 Å². The molecule has 2 aromatic heterocycles. The van der Waals surface area contributed by atoms with Crippen LogP contribution >= 0.6 is 0 Å². The average molecular weight is 351 g/mol. The molecule has 2 fully saturated rings. The molecule has 2 N–H and O–H groups in total. The first-order chi connectivity index (χ1) is 12.7. The number of nitrogens with one attached hydrogen (secondary N) is 2. The van der Waals surface area contributed by atoms with E-state index in [4.69, 9.17) is 0 Å². The van der Waals surface area contributed by atoms with Gasteiger partial charge in [-0.3, -0.25) is 9.59 Å². The first-order valence-corrected chi connectivity index (χ1v) is 9.21. The summed E-state index contributed by atoms with van der Waals surface area (Å²) in [5, 5.41) is 8.39. The molecule has 26 heavy (non-hydrogen) atoms. The third-order valence-electron chi connectivity index (χ3n) is 5.91. The van der Waals surface area contributed by atoms with Crippen molar-refractivity contribution in [1.29, 1.82) is 0 Å². The van der Waals surface area contributed by atoms with E-state index in [0.29, 0.717) is 33.9 Å². The summed E-state index contributed by atoms with van der Waals surface area (Å²) in [5.41, 5.74) is 1.46. The lowest BCUT2D eigenvalue weighted by molar-refractivity contribution is 0.0760. The first kappa shape index (κ1) is 15.6. The van der Waals surface area contributed by atoms with Gasteiger partial charge in [0.1, 0.15) is 11.2 Å². The smallest absolute Gasteiger partial charge is 0.259 e. The zero-order chi connectivity index (χ0) is 17.7. The number of H-pyrrole nitrogens is 1. The number of carbonyl (C=O) groups excluding carboxylic acids is 1. The van der Waals surface area contributed by atoms with Gasteiger partial charge in [0.2, 0.25) is 0 Å². The van der Waals surface area contributed by atoms with Crippen LogP contribution in [0.1, 0.15) is 23.2 Å². The minimum atomic E-state index is -0.195. The average Bonchev–Trinajstić information content (AvgIpc) is 3.24. The molecule has 3 aromatic rings. The molecule has 1 amide bonds. The van der Waals surface area contributed by atoms with Crippen molar-refractivity contribution in [2.24, 2.45) is 11.8 Å². The number of hydrogen-bond donors (Lipinski definition) is 2. The zero-order valence-electron chi connectivity index (χ0n) is 14.4. The molecule has 2 aliphatic rings. The Balaban J connectivity index is 1.52. The second-order valence-electron chi connectivity index (χ2n) is 7.34. The van der Waals surface area contributed by atoms with Crippen LogP contribution in [0.4, 0.5) is 0 Å². The van der Waals surface area contributed by atoms with Gasteiger partial charge in [-0.25, -0.2) is 4.52 Å². The van der Waals surface area contributed by atoms with Crippen LogP contribution in [0, 0.1) is 11.8 Å². The summed E-state index contributed by atoms with van der Waals surface area (Å²) in [6.07, 6.45) is 3.64. The monoisotopic (exact) mass is 351 g/mol. The highest BCUT2D eigenvalue weighted by Gasteiger charge is 2.32. The maximum absolute atomic E-state index is 13.1. The molecule has 4 heterocycles. The van der Waals surface area contributed by atoms with Crippen LogP contribution in [0.3, 0.4) is 0 Å². The molecular weight excluding hydrogens is 330 g/mol. The Hall–Kier alpha value is -2.67. The Morgan fingerprint density at radius 2 is 1.85 bits per heavy atom. The number of rotatable bonds is 1. The van der Waals surface area contributed by atoms with Crippen LogP contribution in [-0.2, 0) is 0 Å². The highest BCUT2D eigenvalue weighted by molar-refractivity contribution is 6.00. The molecule has 7 heteroatoms. The molecular formula is C19H21N5O2. The zero-order valence-corrected chi connectivity index (χ0v) is 14.4. The maximum Gasteiger partial charge on any atom is 0.259 e. The van der Waals surface area contributed by atoms with Crippen molar-refractivity contribution in [3.8, 4) is 0 Å². The topological polar surface area (TPSA) is 82.5 Å². The number of fused-ring (bicyclic) bond motifs is 4. The molecule has 0 spiro atoms. The van der Waals surface area contributed by atoms with E-state index < -0.39 is 0 Å². The summed E-state index contributed by atoms with van der Waals surface area (Å²) in [6, 6.07) is 7.30. The summed E-state index contributed by atoms with van der Waals surface area (Å²) < 4.78 is 1.65. The van der Waals surface area contributed by atoms with E-state index >= 15 is 0 Å². The molecule has 5 rings (SSSR count). The molecule has 0 unspecified atom stereocenters. The van der Waals surface area contributed by atoms with Crippen molar-refractivity contribution in [2.75, 3.05) is 26.2 Å². The van der Waals surface area contributed by atoms with E-state index in [1.54, 1.807) is 16.8 Å². The van der Waals surface area contributed by atoms with Crippen molar-refractivity contribution in [1.82, 2.24) is 24.8 Å². The third-order valence-corrected chi connectivity index (χ3v) is 5.91. The molecule has 1 aromatic carbocycles. The summed E-state index contributed by atoms with van der Waals surface area (Å²) in [6.45, 7) is 3.64. The number of amides is 1. The van der Waals surface area contributed by atoms with Crippen LogP contribution in [0.25, 0.3) is 16.6 Å². The van der Waals surface area contributed by atoms with Crippen molar-refractivity contribution >= 4 is 22.5 Å². The quantitative estimate of drug-likeness (QED) is 0.691. The fourth-order valence-corrected chi connectivity index (χ4v) is 4.42. The van der Waals surface area contributed by atoms with Crippen LogP contribution in [0.5, 0.6) is 0 Å². The highest BCUT2D eigenvalue weighted by atomic mass is 16.2. The maximum atomic E-state index is 13.1. The number of benzene rings is 1. The van der Waals surface area contributed by atoms with Crippen molar-refractivity contribution in [3.63, 3.8) is 0 Å². The van der Waals surface area contributed by atoms with E-state index in [0.717, 1.165) is 39.0 Å². The number of carbonyl (C=O) groups is 1. The van der Waals surface area contributed by atoms with E-state index in [1.807, 2.05) is 23.1 Å². The molecule has 0 saturated carbocycles. The van der Waals surface area contributed by atoms with Crippen LogP contribution in [-0.4, -0.2) is 51.6 Å². The lowest BCUT2D eigenvalue weighted by Crippen LogP contribution is -2.33. The molecule has 2 aliphatic heterocycles. The van der Waals surface area contributed by atoms with Crippen molar-refractivity contribution in [3.05, 3.63) is 46.4 Å². The fraction of sp³-hybridized carbons (Fsp3) is 0.421. The van der Waals surface area contributed by atoms with Gasteiger partial charge in [-0.1, -0.05) is 12.1 Å². The number of hydrogen-bond acceptors (Lipinski definition) is 4. The highest BCUT2D eigenvalue weighted by Crippen LogP contribution is 2.28. The number of aromatic nitrogens is 3. The molecule has 0 bridgehead atoms. The van der Waals surface area contributed by atoms with Gasteiger partial charge in [-0.15, -0.1) is 0 Å². The second-order valence-corrected chi connectivity index (χ2v) is 7.34. The lowest BCUT2D eigenvalue weighted by Gasteiger charge is -2.20. The number of nitrogens with zero attached hydrogens (tertiary/aromatic N) is 3. The van der Waals surface area contributed by atoms with Crippen LogP contribution < -0.4 is 10.9 Å². The molecule has 134 valence electrons. The number of likely N-dealkylation sites (tertiary alicyclic amines) is 1. The number of para-hydroxylation sites is 1. The molecule has 0 aliphatic carbocycles. The summed E-state index contributed by atoms with van der Waals surface area (Å²) in [7, 11) is 0. The normalized spacial score (nSPS) is 23.3. The van der Waals surface area contributed by atoms with Gasteiger partial charge in [0.15, 0.2) is 0 Å². The third kappa shape index (κ3) is 2.34. The standard InChI is InChI=1S/C19H21N5O2/c25-18-14-3-1-2-4-16(14)24-17(22-18)15(11-21-24)19(26)23-7-5-12-9-20-10-13(12)6-8-23/h1-4,11-13,20H,5-10H2,(H,22,25)/t12-,13+. The largest absolute Gasteiger partial charge is 0.338 e. The van der Waals surface area contributed by atoms with Gasteiger partial charge in [-0.2, -0.15) is 5.10 Å². The molecule has 2 saturated heterocycles. The van der Waals surface area contributed by atoms with E-state index in [2.05, 4.69) is 15.4 Å². The lowest BCUT2D eigenvalue weighted by atomic mass is 9.92. The predicted molar refractivity (Wildman–Crippen MR) is 98.3 cm³/mol. The summed E-state index contributed by atoms with van der Waals surface area (Å²) >= 11 is 0. The number of aromatic amines is 1.